The molecule has 43 heavy (non-hydrogen) atoms. The Morgan fingerprint density at radius 3 is 2.37 bits per heavy atom. The molecule has 0 aliphatic carbocycles. The van der Waals surface area contributed by atoms with E-state index in [9.17, 15) is 22.4 Å². The maximum atomic E-state index is 13.6. The molecule has 1 atom stereocenters. The van der Waals surface area contributed by atoms with Crippen LogP contribution in [-0.2, 0) is 12.6 Å². The number of H-pyrrole nitrogens is 1. The third-order valence-electron chi connectivity index (χ3n) is 6.93. The van der Waals surface area contributed by atoms with Crippen LogP contribution in [0.25, 0.3) is 28.1 Å². The summed E-state index contributed by atoms with van der Waals surface area (Å²) >= 11 is 6.28. The van der Waals surface area contributed by atoms with Gasteiger partial charge in [0.15, 0.2) is 0 Å². The van der Waals surface area contributed by atoms with E-state index in [1.807, 2.05) is 0 Å². The Morgan fingerprint density at radius 1 is 0.930 bits per heavy atom. The Hall–Kier alpha value is -5.10. The number of tetrazole rings is 1. The van der Waals surface area contributed by atoms with Gasteiger partial charge in [-0.25, -0.2) is 9.37 Å². The van der Waals surface area contributed by atoms with E-state index in [2.05, 4.69) is 25.5 Å². The molecule has 0 radical (unpaired) electrons. The number of halogens is 5. The molecule has 216 valence electrons. The van der Waals surface area contributed by atoms with E-state index >= 15 is 0 Å². The van der Waals surface area contributed by atoms with Crippen molar-refractivity contribution in [2.45, 2.75) is 18.6 Å². The minimum absolute atomic E-state index is 0.270. The quantitative estimate of drug-likeness (QED) is 0.209. The fraction of sp³-hybridized carbons (Fsp3) is 0.100. The lowest BCUT2D eigenvalue weighted by molar-refractivity contribution is -0.137. The van der Waals surface area contributed by atoms with E-state index in [1.54, 1.807) is 42.6 Å². The van der Waals surface area contributed by atoms with Crippen LogP contribution in [0.3, 0.4) is 0 Å². The van der Waals surface area contributed by atoms with Crippen LogP contribution in [0, 0.1) is 5.82 Å². The van der Waals surface area contributed by atoms with Gasteiger partial charge in [0.05, 0.1) is 29.2 Å². The molecule has 1 N–H and O–H groups in total. The Morgan fingerprint density at radius 2 is 1.70 bits per heavy atom. The molecule has 0 aliphatic heterocycles. The van der Waals surface area contributed by atoms with E-state index in [1.165, 1.54) is 52.1 Å². The first-order chi connectivity index (χ1) is 20.7. The molecule has 3 aromatic carbocycles. The molecule has 8 nitrogen and oxygen atoms in total. The van der Waals surface area contributed by atoms with Crippen LogP contribution in [0.4, 0.5) is 17.6 Å². The van der Waals surface area contributed by atoms with Gasteiger partial charge in [0.2, 0.25) is 0 Å². The minimum Gasteiger partial charge on any atom is -0.340 e. The molecule has 0 saturated carbocycles. The molecule has 0 bridgehead atoms. The van der Waals surface area contributed by atoms with Gasteiger partial charge in [-0.1, -0.05) is 35.9 Å². The van der Waals surface area contributed by atoms with Crippen molar-refractivity contribution in [2.75, 3.05) is 0 Å². The first kappa shape index (κ1) is 28.0. The Kier molecular flexibility index (Phi) is 7.36. The number of rotatable bonds is 7. The van der Waals surface area contributed by atoms with Crippen molar-refractivity contribution in [1.82, 2.24) is 34.7 Å². The fourth-order valence-electron chi connectivity index (χ4n) is 4.79. The molecule has 13 heteroatoms. The number of pyridine rings is 1. The molecular formula is C30H20ClF4N7O. The number of imidazole rings is 1. The van der Waals surface area contributed by atoms with Gasteiger partial charge in [0, 0.05) is 29.3 Å². The molecule has 3 heterocycles. The van der Waals surface area contributed by atoms with Gasteiger partial charge in [-0.2, -0.15) is 17.9 Å². The largest absolute Gasteiger partial charge is 0.416 e. The Balaban J connectivity index is 1.39. The lowest BCUT2D eigenvalue weighted by atomic mass is 10.0. The normalized spacial score (nSPS) is 12.4. The number of aromatic nitrogens is 7. The number of nitrogens with zero attached hydrogens (tertiary/aromatic N) is 6. The zero-order valence-electron chi connectivity index (χ0n) is 22.0. The summed E-state index contributed by atoms with van der Waals surface area (Å²) in [7, 11) is 0. The van der Waals surface area contributed by atoms with Crippen molar-refractivity contribution in [3.05, 3.63) is 136 Å². The average Bonchev–Trinajstić information content (AvgIpc) is 3.70. The number of hydrogen-bond donors (Lipinski definition) is 1. The standard InChI is InChI=1S/C30H20ClF4N7O/c31-22-7-10-26(42-17-37-39-40-42)24(15-22)20-11-12-41(28(43)14-20)27(13-18-1-8-23(32)9-2-18)29-36-16-25(38-29)19-3-5-21(6-4-19)30(33,34)35/h1-12,14-17,27H,13H2,(H,36,38)/t27-/m0/s1. The Bertz CT molecular complexity index is 1930. The molecule has 0 spiro atoms. The monoisotopic (exact) mass is 605 g/mol. The molecule has 3 aromatic heterocycles. The minimum atomic E-state index is -4.46. The number of nitrogens with one attached hydrogen (secondary N) is 1. The van der Waals surface area contributed by atoms with Crippen molar-refractivity contribution in [1.29, 1.82) is 0 Å². The number of benzene rings is 3. The van der Waals surface area contributed by atoms with Gasteiger partial charge in [-0.05, 0) is 75.6 Å². The first-order valence-corrected chi connectivity index (χ1v) is 13.3. The molecule has 0 saturated heterocycles. The smallest absolute Gasteiger partial charge is 0.340 e. The highest BCUT2D eigenvalue weighted by Crippen LogP contribution is 2.32. The van der Waals surface area contributed by atoms with Crippen molar-refractivity contribution >= 4 is 11.6 Å². The van der Waals surface area contributed by atoms with Crippen molar-refractivity contribution in [2.24, 2.45) is 0 Å². The van der Waals surface area contributed by atoms with Crippen LogP contribution in [0.15, 0.2) is 102 Å². The lowest BCUT2D eigenvalue weighted by Gasteiger charge is -2.19. The van der Waals surface area contributed by atoms with Crippen LogP contribution in [0.5, 0.6) is 0 Å². The predicted octanol–water partition coefficient (Wildman–Crippen LogP) is 6.52. The van der Waals surface area contributed by atoms with Crippen molar-refractivity contribution < 1.29 is 17.6 Å². The number of alkyl halides is 3. The van der Waals surface area contributed by atoms with Crippen molar-refractivity contribution in [3.63, 3.8) is 0 Å². The molecule has 6 aromatic rings. The maximum absolute atomic E-state index is 13.6. The summed E-state index contributed by atoms with van der Waals surface area (Å²) in [5.41, 5.74) is 2.39. The summed E-state index contributed by atoms with van der Waals surface area (Å²) in [5, 5.41) is 11.8. The van der Waals surface area contributed by atoms with E-state index in [0.717, 1.165) is 17.7 Å². The summed E-state index contributed by atoms with van der Waals surface area (Å²) in [5.74, 6) is -0.00414. The van der Waals surface area contributed by atoms with Crippen molar-refractivity contribution in [3.8, 4) is 28.1 Å². The average molecular weight is 606 g/mol. The molecule has 0 fully saturated rings. The first-order valence-electron chi connectivity index (χ1n) is 12.9. The van der Waals surface area contributed by atoms with Gasteiger partial charge in [-0.15, -0.1) is 5.10 Å². The Labute approximate surface area is 246 Å². The van der Waals surface area contributed by atoms with Crippen LogP contribution < -0.4 is 5.56 Å². The molecule has 0 aliphatic rings. The zero-order chi connectivity index (χ0) is 30.1. The highest BCUT2D eigenvalue weighted by Gasteiger charge is 2.30. The van der Waals surface area contributed by atoms with Crippen LogP contribution in [-0.4, -0.2) is 34.7 Å². The number of hydrogen-bond acceptors (Lipinski definition) is 5. The second kappa shape index (κ2) is 11.3. The van der Waals surface area contributed by atoms with E-state index in [-0.39, 0.29) is 12.0 Å². The van der Waals surface area contributed by atoms with Crippen LogP contribution >= 0.6 is 11.6 Å². The fourth-order valence-corrected chi connectivity index (χ4v) is 4.96. The maximum Gasteiger partial charge on any atom is 0.416 e. The molecule has 0 unspecified atom stereocenters. The summed E-state index contributed by atoms with van der Waals surface area (Å²) < 4.78 is 55.7. The lowest BCUT2D eigenvalue weighted by Crippen LogP contribution is -2.27. The molecular weight excluding hydrogens is 586 g/mol. The van der Waals surface area contributed by atoms with E-state index in [4.69, 9.17) is 11.6 Å². The summed E-state index contributed by atoms with van der Waals surface area (Å²) in [6.07, 6.45) is 0.365. The van der Waals surface area contributed by atoms with E-state index in [0.29, 0.717) is 38.9 Å². The number of aromatic amines is 1. The molecule has 6 rings (SSSR count). The highest BCUT2D eigenvalue weighted by molar-refractivity contribution is 6.31. The summed E-state index contributed by atoms with van der Waals surface area (Å²) in [6, 6.07) is 18.3. The zero-order valence-corrected chi connectivity index (χ0v) is 22.8. The summed E-state index contributed by atoms with van der Waals surface area (Å²) in [4.78, 5) is 21.3. The SMILES string of the molecule is O=c1cc(-c2cc(Cl)ccc2-n2cnnn2)ccn1[C@@H](Cc1ccc(F)cc1)c1ncc(-c2ccc(C(F)(F)F)cc2)[nH]1. The topological polar surface area (TPSA) is 94.3 Å². The van der Waals surface area contributed by atoms with Crippen LogP contribution in [0.1, 0.15) is 23.0 Å². The van der Waals surface area contributed by atoms with Gasteiger partial charge in [-0.3, -0.25) is 4.79 Å². The third-order valence-corrected chi connectivity index (χ3v) is 7.16. The second-order valence-electron chi connectivity index (χ2n) is 9.68. The summed E-state index contributed by atoms with van der Waals surface area (Å²) in [6.45, 7) is 0. The van der Waals surface area contributed by atoms with E-state index < -0.39 is 23.6 Å². The third kappa shape index (κ3) is 5.95. The van der Waals surface area contributed by atoms with Gasteiger partial charge in [0.1, 0.15) is 18.0 Å². The van der Waals surface area contributed by atoms with Gasteiger partial charge in [0.25, 0.3) is 5.56 Å². The molecule has 0 amide bonds. The predicted molar refractivity (Wildman–Crippen MR) is 151 cm³/mol. The second-order valence-corrected chi connectivity index (χ2v) is 10.1. The van der Waals surface area contributed by atoms with Gasteiger partial charge < -0.3 is 9.55 Å². The van der Waals surface area contributed by atoms with Gasteiger partial charge >= 0.3 is 6.18 Å². The van der Waals surface area contributed by atoms with Crippen LogP contribution in [0.2, 0.25) is 5.02 Å². The highest BCUT2D eigenvalue weighted by atomic mass is 35.5.